The van der Waals surface area contributed by atoms with Crippen LogP contribution in [0, 0.1) is 0 Å². The third kappa shape index (κ3) is 5.62. The Hall–Kier alpha value is -0.890. The number of hydrogen-bond donors (Lipinski definition) is 2. The standard InChI is InChI=1S/C12H20ClN3O3S/c1-2-3-6-19-7-4-5-16-20(17,18)10-8-11(13)12(14)15-9-10/h8-9,16H,2-7H2,1H3,(H2,14,15). The topological polar surface area (TPSA) is 94.3 Å². The smallest absolute Gasteiger partial charge is 0.242 e. The fraction of sp³-hybridized carbons (Fsp3) is 0.583. The first-order valence-corrected chi connectivity index (χ1v) is 8.32. The van der Waals surface area contributed by atoms with Crippen LogP contribution in [0.1, 0.15) is 26.2 Å². The van der Waals surface area contributed by atoms with E-state index < -0.39 is 10.0 Å². The first kappa shape index (κ1) is 17.2. The second-order valence-corrected chi connectivity index (χ2v) is 6.43. The van der Waals surface area contributed by atoms with Gasteiger partial charge in [0.25, 0.3) is 0 Å². The van der Waals surface area contributed by atoms with Gasteiger partial charge in [-0.15, -0.1) is 0 Å². The zero-order valence-electron chi connectivity index (χ0n) is 11.4. The number of nitrogens with one attached hydrogen (secondary N) is 1. The SMILES string of the molecule is CCCCOCCCNS(=O)(=O)c1cnc(N)c(Cl)c1. The molecule has 0 bridgehead atoms. The van der Waals surface area contributed by atoms with Crippen molar-refractivity contribution in [2.75, 3.05) is 25.5 Å². The van der Waals surface area contributed by atoms with Crippen molar-refractivity contribution in [2.24, 2.45) is 0 Å². The number of unbranched alkanes of at least 4 members (excludes halogenated alkanes) is 1. The van der Waals surface area contributed by atoms with Gasteiger partial charge < -0.3 is 10.5 Å². The molecule has 8 heteroatoms. The van der Waals surface area contributed by atoms with E-state index >= 15 is 0 Å². The van der Waals surface area contributed by atoms with Gasteiger partial charge in [-0.25, -0.2) is 18.1 Å². The lowest BCUT2D eigenvalue weighted by Crippen LogP contribution is -2.25. The van der Waals surface area contributed by atoms with Crippen LogP contribution in [-0.2, 0) is 14.8 Å². The zero-order chi connectivity index (χ0) is 15.0. The largest absolute Gasteiger partial charge is 0.382 e. The van der Waals surface area contributed by atoms with Crippen molar-refractivity contribution in [3.63, 3.8) is 0 Å². The number of aromatic nitrogens is 1. The van der Waals surface area contributed by atoms with Crippen molar-refractivity contribution in [3.05, 3.63) is 17.3 Å². The molecule has 114 valence electrons. The van der Waals surface area contributed by atoms with Crippen LogP contribution < -0.4 is 10.5 Å². The maximum Gasteiger partial charge on any atom is 0.242 e. The van der Waals surface area contributed by atoms with Crippen molar-refractivity contribution in [1.29, 1.82) is 0 Å². The molecule has 0 aliphatic rings. The Morgan fingerprint density at radius 2 is 2.10 bits per heavy atom. The molecule has 0 saturated carbocycles. The molecule has 1 rings (SSSR count). The first-order valence-electron chi connectivity index (χ1n) is 6.46. The highest BCUT2D eigenvalue weighted by Gasteiger charge is 2.15. The Kier molecular flexibility index (Phi) is 7.22. The fourth-order valence-corrected chi connectivity index (χ4v) is 2.67. The molecule has 0 aliphatic carbocycles. The van der Waals surface area contributed by atoms with Crippen LogP contribution in [-0.4, -0.2) is 33.2 Å². The van der Waals surface area contributed by atoms with E-state index in [2.05, 4.69) is 16.6 Å². The molecule has 1 aromatic heterocycles. The van der Waals surface area contributed by atoms with Gasteiger partial charge in [-0.3, -0.25) is 0 Å². The summed E-state index contributed by atoms with van der Waals surface area (Å²) in [6.45, 7) is 3.63. The Morgan fingerprint density at radius 3 is 2.75 bits per heavy atom. The van der Waals surface area contributed by atoms with E-state index in [9.17, 15) is 8.42 Å². The van der Waals surface area contributed by atoms with E-state index in [1.54, 1.807) is 0 Å². The van der Waals surface area contributed by atoms with Crippen LogP contribution in [0.2, 0.25) is 5.02 Å². The predicted octanol–water partition coefficient (Wildman–Crippen LogP) is 1.80. The van der Waals surface area contributed by atoms with Gasteiger partial charge >= 0.3 is 0 Å². The summed E-state index contributed by atoms with van der Waals surface area (Å²) >= 11 is 5.75. The van der Waals surface area contributed by atoms with E-state index in [-0.39, 0.29) is 15.7 Å². The molecule has 1 heterocycles. The third-order valence-corrected chi connectivity index (χ3v) is 4.29. The molecule has 0 atom stereocenters. The Labute approximate surface area is 124 Å². The molecule has 6 nitrogen and oxygen atoms in total. The molecule has 0 saturated heterocycles. The molecule has 20 heavy (non-hydrogen) atoms. The predicted molar refractivity (Wildman–Crippen MR) is 79.2 cm³/mol. The molecule has 1 aromatic rings. The maximum absolute atomic E-state index is 11.9. The zero-order valence-corrected chi connectivity index (χ0v) is 13.0. The summed E-state index contributed by atoms with van der Waals surface area (Å²) in [5.41, 5.74) is 5.44. The van der Waals surface area contributed by atoms with E-state index in [4.69, 9.17) is 22.1 Å². The second-order valence-electron chi connectivity index (χ2n) is 4.26. The molecular formula is C12H20ClN3O3S. The van der Waals surface area contributed by atoms with E-state index in [0.717, 1.165) is 12.8 Å². The average Bonchev–Trinajstić information content (AvgIpc) is 2.40. The molecule has 0 amide bonds. The van der Waals surface area contributed by atoms with Crippen LogP contribution in [0.5, 0.6) is 0 Å². The number of rotatable bonds is 9. The molecule has 0 spiro atoms. The van der Waals surface area contributed by atoms with Gasteiger partial charge in [-0.05, 0) is 18.9 Å². The number of nitrogens with two attached hydrogens (primary N) is 1. The first-order chi connectivity index (χ1) is 9.47. The summed E-state index contributed by atoms with van der Waals surface area (Å²) in [5.74, 6) is 0.106. The van der Waals surface area contributed by atoms with Crippen molar-refractivity contribution < 1.29 is 13.2 Å². The highest BCUT2D eigenvalue weighted by Crippen LogP contribution is 2.19. The van der Waals surface area contributed by atoms with Gasteiger partial charge in [0.15, 0.2) is 0 Å². The number of sulfonamides is 1. The van der Waals surface area contributed by atoms with Gasteiger partial charge in [0, 0.05) is 26.0 Å². The van der Waals surface area contributed by atoms with Gasteiger partial charge in [0.1, 0.15) is 10.7 Å². The fourth-order valence-electron chi connectivity index (χ4n) is 1.39. The summed E-state index contributed by atoms with van der Waals surface area (Å²) < 4.78 is 31.7. The van der Waals surface area contributed by atoms with Crippen molar-refractivity contribution in [1.82, 2.24) is 9.71 Å². The minimum Gasteiger partial charge on any atom is -0.382 e. The number of nitrogens with zero attached hydrogens (tertiary/aromatic N) is 1. The summed E-state index contributed by atoms with van der Waals surface area (Å²) in [4.78, 5) is 3.73. The lowest BCUT2D eigenvalue weighted by atomic mass is 10.4. The summed E-state index contributed by atoms with van der Waals surface area (Å²) in [6, 6.07) is 1.28. The van der Waals surface area contributed by atoms with Gasteiger partial charge in [-0.1, -0.05) is 24.9 Å². The highest BCUT2D eigenvalue weighted by atomic mass is 35.5. The molecule has 3 N–H and O–H groups in total. The second kappa shape index (κ2) is 8.41. The van der Waals surface area contributed by atoms with Crippen molar-refractivity contribution in [2.45, 2.75) is 31.1 Å². The van der Waals surface area contributed by atoms with Crippen LogP contribution in [0.25, 0.3) is 0 Å². The summed E-state index contributed by atoms with van der Waals surface area (Å²) in [6.07, 6.45) is 3.89. The number of ether oxygens (including phenoxy) is 1. The van der Waals surface area contributed by atoms with Gasteiger partial charge in [0.2, 0.25) is 10.0 Å². The van der Waals surface area contributed by atoms with Crippen molar-refractivity contribution >= 4 is 27.4 Å². The normalized spacial score (nSPS) is 11.7. The van der Waals surface area contributed by atoms with Gasteiger partial charge in [0.05, 0.1) is 5.02 Å². The molecule has 0 fully saturated rings. The number of anilines is 1. The Balaban J connectivity index is 2.40. The maximum atomic E-state index is 11.9. The molecule has 0 aliphatic heterocycles. The number of hydrogen-bond acceptors (Lipinski definition) is 5. The minimum absolute atomic E-state index is 0.00333. The minimum atomic E-state index is -3.61. The van der Waals surface area contributed by atoms with E-state index in [1.165, 1.54) is 12.3 Å². The van der Waals surface area contributed by atoms with Crippen LogP contribution in [0.3, 0.4) is 0 Å². The highest BCUT2D eigenvalue weighted by molar-refractivity contribution is 7.89. The Bertz CT molecular complexity index is 523. The van der Waals surface area contributed by atoms with E-state index in [0.29, 0.717) is 26.2 Å². The number of nitrogen functional groups attached to an aromatic ring is 1. The molecular weight excluding hydrogens is 302 g/mol. The van der Waals surface area contributed by atoms with E-state index in [1.807, 2.05) is 0 Å². The lowest BCUT2D eigenvalue weighted by Gasteiger charge is -2.08. The number of halogens is 1. The van der Waals surface area contributed by atoms with Crippen molar-refractivity contribution in [3.8, 4) is 0 Å². The third-order valence-electron chi connectivity index (χ3n) is 2.55. The molecule has 0 radical (unpaired) electrons. The van der Waals surface area contributed by atoms with Crippen LogP contribution in [0.15, 0.2) is 17.2 Å². The monoisotopic (exact) mass is 321 g/mol. The van der Waals surface area contributed by atoms with Crippen LogP contribution in [0.4, 0.5) is 5.82 Å². The Morgan fingerprint density at radius 1 is 1.40 bits per heavy atom. The number of pyridine rings is 1. The lowest BCUT2D eigenvalue weighted by molar-refractivity contribution is 0.130. The van der Waals surface area contributed by atoms with Gasteiger partial charge in [-0.2, -0.15) is 0 Å². The average molecular weight is 322 g/mol. The molecule has 0 aromatic carbocycles. The summed E-state index contributed by atoms with van der Waals surface area (Å²) in [7, 11) is -3.61. The van der Waals surface area contributed by atoms with Crippen LogP contribution >= 0.6 is 11.6 Å². The molecule has 0 unspecified atom stereocenters. The summed E-state index contributed by atoms with van der Waals surface area (Å²) in [5, 5.41) is 0.121. The quantitative estimate of drug-likeness (QED) is 0.676.